The molecule has 0 saturated heterocycles. The van der Waals surface area contributed by atoms with Crippen LogP contribution in [0.5, 0.6) is 11.5 Å². The van der Waals surface area contributed by atoms with Gasteiger partial charge in [0.05, 0.1) is 7.11 Å². The minimum atomic E-state index is -0.465. The van der Waals surface area contributed by atoms with Gasteiger partial charge < -0.3 is 20.2 Å². The first-order valence-electron chi connectivity index (χ1n) is 10.1. The van der Waals surface area contributed by atoms with Crippen molar-refractivity contribution < 1.29 is 18.7 Å². The van der Waals surface area contributed by atoms with Crippen LogP contribution in [0.25, 0.3) is 10.9 Å². The number of benzene rings is 2. The fourth-order valence-corrected chi connectivity index (χ4v) is 4.17. The zero-order valence-corrected chi connectivity index (χ0v) is 17.2. The molecule has 0 bridgehead atoms. The number of rotatable bonds is 7. The highest BCUT2D eigenvalue weighted by Crippen LogP contribution is 2.37. The van der Waals surface area contributed by atoms with Crippen LogP contribution in [0.15, 0.2) is 36.5 Å². The summed E-state index contributed by atoms with van der Waals surface area (Å²) in [7, 11) is 3.63. The van der Waals surface area contributed by atoms with Crippen molar-refractivity contribution in [3.8, 4) is 11.5 Å². The summed E-state index contributed by atoms with van der Waals surface area (Å²) in [6.45, 7) is 1.36. The third kappa shape index (κ3) is 3.85. The average molecular weight is 411 g/mol. The van der Waals surface area contributed by atoms with E-state index in [-0.39, 0.29) is 11.9 Å². The molecule has 0 aliphatic carbocycles. The van der Waals surface area contributed by atoms with Gasteiger partial charge in [0.15, 0.2) is 11.5 Å². The van der Waals surface area contributed by atoms with Gasteiger partial charge in [0.25, 0.3) is 0 Å². The zero-order valence-electron chi connectivity index (χ0n) is 17.2. The van der Waals surface area contributed by atoms with E-state index < -0.39 is 5.91 Å². The van der Waals surface area contributed by atoms with Crippen LogP contribution in [0, 0.1) is 5.82 Å². The van der Waals surface area contributed by atoms with E-state index in [1.165, 1.54) is 6.07 Å². The van der Waals surface area contributed by atoms with E-state index in [1.54, 1.807) is 31.4 Å². The molecule has 1 amide bonds. The lowest BCUT2D eigenvalue weighted by Gasteiger charge is -2.33. The molecule has 4 rings (SSSR count). The topological polar surface area (TPSA) is 80.6 Å². The molecule has 3 N–H and O–H groups in total. The third-order valence-electron chi connectivity index (χ3n) is 5.88. The minimum absolute atomic E-state index is 0.128. The number of primary amides is 1. The number of methoxy groups -OCH3 is 1. The van der Waals surface area contributed by atoms with Crippen molar-refractivity contribution >= 4 is 16.8 Å². The second kappa shape index (κ2) is 8.36. The van der Waals surface area contributed by atoms with E-state index in [4.69, 9.17) is 15.2 Å². The quantitative estimate of drug-likeness (QED) is 0.625. The van der Waals surface area contributed by atoms with Crippen LogP contribution in [-0.4, -0.2) is 49.1 Å². The highest BCUT2D eigenvalue weighted by molar-refractivity contribution is 5.95. The lowest BCUT2D eigenvalue weighted by Crippen LogP contribution is -2.42. The van der Waals surface area contributed by atoms with Crippen molar-refractivity contribution in [2.75, 3.05) is 27.3 Å². The van der Waals surface area contributed by atoms with Crippen LogP contribution in [0.2, 0.25) is 0 Å². The first-order chi connectivity index (χ1) is 14.5. The lowest BCUT2D eigenvalue weighted by atomic mass is 9.95. The fourth-order valence-electron chi connectivity index (χ4n) is 4.17. The van der Waals surface area contributed by atoms with Crippen molar-refractivity contribution in [2.24, 2.45) is 5.73 Å². The molecule has 6 nitrogen and oxygen atoms in total. The highest BCUT2D eigenvalue weighted by atomic mass is 19.1. The molecule has 1 aliphatic heterocycles. The standard InChI is InChI=1S/C23H26FN3O3/c1-27(9-3-4-14-12-26-20-7-5-15(24)10-18(14)20)16-11-19-17(23(25)28)6-8-21(29-2)22(19)30-13-16/h5-8,10,12,16,26H,3-4,9,11,13H2,1-2H3,(H2,25,28). The number of aryl methyl sites for hydroxylation is 1. The summed E-state index contributed by atoms with van der Waals surface area (Å²) in [6, 6.07) is 8.35. The molecule has 1 aliphatic rings. The van der Waals surface area contributed by atoms with Crippen LogP contribution in [0.3, 0.4) is 0 Å². The summed E-state index contributed by atoms with van der Waals surface area (Å²) in [6.07, 6.45) is 4.39. The Bertz CT molecular complexity index is 1080. The largest absolute Gasteiger partial charge is 0.493 e. The number of hydrogen-bond acceptors (Lipinski definition) is 4. The number of fused-ring (bicyclic) bond motifs is 2. The Morgan fingerprint density at radius 1 is 1.37 bits per heavy atom. The monoisotopic (exact) mass is 411 g/mol. The van der Waals surface area contributed by atoms with Crippen molar-refractivity contribution in [3.63, 3.8) is 0 Å². The Kier molecular flexibility index (Phi) is 5.63. The predicted octanol–water partition coefficient (Wildman–Crippen LogP) is 3.28. The molecule has 0 radical (unpaired) electrons. The Morgan fingerprint density at radius 3 is 2.97 bits per heavy atom. The molecule has 3 aromatic rings. The molecule has 1 aromatic heterocycles. The van der Waals surface area contributed by atoms with Crippen LogP contribution in [-0.2, 0) is 12.8 Å². The van der Waals surface area contributed by atoms with Gasteiger partial charge in [-0.15, -0.1) is 0 Å². The van der Waals surface area contributed by atoms with E-state index in [2.05, 4.69) is 16.9 Å². The number of halogens is 1. The van der Waals surface area contributed by atoms with E-state index in [9.17, 15) is 9.18 Å². The van der Waals surface area contributed by atoms with Crippen LogP contribution in [0.1, 0.15) is 27.9 Å². The highest BCUT2D eigenvalue weighted by Gasteiger charge is 2.29. The van der Waals surface area contributed by atoms with Crippen molar-refractivity contribution in [3.05, 3.63) is 59.0 Å². The van der Waals surface area contributed by atoms with Gasteiger partial charge in [-0.2, -0.15) is 0 Å². The second-order valence-electron chi connectivity index (χ2n) is 7.74. The molecular formula is C23H26FN3O3. The van der Waals surface area contributed by atoms with Gasteiger partial charge >= 0.3 is 0 Å². The average Bonchev–Trinajstić information content (AvgIpc) is 3.14. The molecule has 30 heavy (non-hydrogen) atoms. The number of nitrogens with one attached hydrogen (secondary N) is 1. The van der Waals surface area contributed by atoms with Gasteiger partial charge in [0, 0.05) is 34.3 Å². The first-order valence-corrected chi connectivity index (χ1v) is 10.1. The molecule has 7 heteroatoms. The van der Waals surface area contributed by atoms with E-state index in [0.717, 1.165) is 41.4 Å². The molecule has 1 unspecified atom stereocenters. The molecule has 0 spiro atoms. The number of hydrogen-bond donors (Lipinski definition) is 2. The maximum Gasteiger partial charge on any atom is 0.249 e. The van der Waals surface area contributed by atoms with Gasteiger partial charge in [-0.1, -0.05) is 0 Å². The Morgan fingerprint density at radius 2 is 2.20 bits per heavy atom. The Balaban J connectivity index is 1.42. The number of nitrogens with two attached hydrogens (primary N) is 1. The third-order valence-corrected chi connectivity index (χ3v) is 5.88. The van der Waals surface area contributed by atoms with Crippen molar-refractivity contribution in [2.45, 2.75) is 25.3 Å². The number of nitrogens with zero attached hydrogens (tertiary/aromatic N) is 1. The molecule has 0 saturated carbocycles. The number of aromatic amines is 1. The number of ether oxygens (including phenoxy) is 2. The maximum atomic E-state index is 13.6. The van der Waals surface area contributed by atoms with Crippen molar-refractivity contribution in [1.82, 2.24) is 9.88 Å². The lowest BCUT2D eigenvalue weighted by molar-refractivity contribution is 0.0993. The summed E-state index contributed by atoms with van der Waals surface area (Å²) >= 11 is 0. The summed E-state index contributed by atoms with van der Waals surface area (Å²) in [5.74, 6) is 0.536. The van der Waals surface area contributed by atoms with Crippen LogP contribution < -0.4 is 15.2 Å². The smallest absolute Gasteiger partial charge is 0.249 e. The summed E-state index contributed by atoms with van der Waals surface area (Å²) in [5.41, 5.74) is 8.91. The molecular weight excluding hydrogens is 385 g/mol. The normalized spacial score (nSPS) is 15.8. The molecule has 1 atom stereocenters. The second-order valence-corrected chi connectivity index (χ2v) is 7.74. The number of H-pyrrole nitrogens is 1. The van der Waals surface area contributed by atoms with Gasteiger partial charge in [-0.3, -0.25) is 9.69 Å². The van der Waals surface area contributed by atoms with Crippen LogP contribution in [0.4, 0.5) is 4.39 Å². The van der Waals surface area contributed by atoms with E-state index >= 15 is 0 Å². The minimum Gasteiger partial charge on any atom is -0.493 e. The molecule has 158 valence electrons. The number of likely N-dealkylation sites (N-methyl/N-ethyl adjacent to an activating group) is 1. The van der Waals surface area contributed by atoms with Gasteiger partial charge in [0.1, 0.15) is 12.4 Å². The van der Waals surface area contributed by atoms with Crippen LogP contribution >= 0.6 is 0 Å². The summed E-state index contributed by atoms with van der Waals surface area (Å²) < 4.78 is 24.9. The number of amides is 1. The summed E-state index contributed by atoms with van der Waals surface area (Å²) in [4.78, 5) is 17.3. The number of aromatic nitrogens is 1. The first kappa shape index (κ1) is 20.2. The maximum absolute atomic E-state index is 13.6. The van der Waals surface area contributed by atoms with Gasteiger partial charge in [-0.25, -0.2) is 4.39 Å². The SMILES string of the molecule is COc1ccc(C(N)=O)c2c1OCC(N(C)CCCc1c[nH]c3ccc(F)cc13)C2. The van der Waals surface area contributed by atoms with Gasteiger partial charge in [-0.05, 0) is 68.8 Å². The van der Waals surface area contributed by atoms with Gasteiger partial charge in [0.2, 0.25) is 5.91 Å². The fraction of sp³-hybridized carbons (Fsp3) is 0.348. The molecule has 0 fully saturated rings. The zero-order chi connectivity index (χ0) is 21.3. The number of carbonyl (C=O) groups is 1. The molecule has 2 aromatic carbocycles. The molecule has 2 heterocycles. The Hall–Kier alpha value is -3.06. The Labute approximate surface area is 174 Å². The van der Waals surface area contributed by atoms with E-state index in [0.29, 0.717) is 30.1 Å². The van der Waals surface area contributed by atoms with E-state index in [1.807, 2.05) is 6.20 Å². The number of carbonyl (C=O) groups excluding carboxylic acids is 1. The summed E-state index contributed by atoms with van der Waals surface area (Å²) in [5, 5.41) is 0.936. The predicted molar refractivity (Wildman–Crippen MR) is 114 cm³/mol. The van der Waals surface area contributed by atoms with Crippen molar-refractivity contribution in [1.29, 1.82) is 0 Å².